The Hall–Kier alpha value is -2.33. The molecular formula is C21H26ClN3O5S. The molecule has 1 unspecified atom stereocenters. The van der Waals surface area contributed by atoms with Gasteiger partial charge in [-0.3, -0.25) is 9.52 Å². The van der Waals surface area contributed by atoms with Crippen LogP contribution in [0.25, 0.3) is 0 Å². The second kappa shape index (κ2) is 10.3. The van der Waals surface area contributed by atoms with Crippen molar-refractivity contribution in [1.82, 2.24) is 0 Å². The van der Waals surface area contributed by atoms with E-state index in [1.807, 2.05) is 4.90 Å². The van der Waals surface area contributed by atoms with Crippen molar-refractivity contribution in [3.63, 3.8) is 0 Å². The Kier molecular flexibility index (Phi) is 7.77. The highest BCUT2D eigenvalue weighted by Gasteiger charge is 2.25. The lowest BCUT2D eigenvalue weighted by Crippen LogP contribution is -2.37. The lowest BCUT2D eigenvalue weighted by Gasteiger charge is -2.30. The fourth-order valence-corrected chi connectivity index (χ4v) is 4.74. The number of carbonyl (C=O) groups excluding carboxylic acids is 1. The molecule has 0 radical (unpaired) electrons. The van der Waals surface area contributed by atoms with Gasteiger partial charge in [-0.2, -0.15) is 0 Å². The van der Waals surface area contributed by atoms with Crippen LogP contribution >= 0.6 is 11.6 Å². The fourth-order valence-electron chi connectivity index (χ4n) is 3.17. The van der Waals surface area contributed by atoms with Crippen molar-refractivity contribution >= 4 is 44.6 Å². The summed E-state index contributed by atoms with van der Waals surface area (Å²) in [6, 6.07) is 11.5. The number of anilines is 3. The van der Waals surface area contributed by atoms with E-state index < -0.39 is 10.0 Å². The Balaban J connectivity index is 1.95. The number of nitrogens with zero attached hydrogens (tertiary/aromatic N) is 1. The zero-order valence-electron chi connectivity index (χ0n) is 17.4. The number of carbonyl (C=O) groups is 1. The third kappa shape index (κ3) is 6.10. The van der Waals surface area contributed by atoms with E-state index in [4.69, 9.17) is 21.1 Å². The highest BCUT2D eigenvalue weighted by Crippen LogP contribution is 2.32. The van der Waals surface area contributed by atoms with Crippen LogP contribution in [0.5, 0.6) is 0 Å². The SMILES string of the molecule is COC(C)CC(=O)Nc1ccc(N2CCOCC2)c(S(=O)(=O)Nc2ccccc2Cl)c1. The van der Waals surface area contributed by atoms with Crippen LogP contribution in [0.2, 0.25) is 5.02 Å². The van der Waals surface area contributed by atoms with Crippen LogP contribution in [0.1, 0.15) is 13.3 Å². The lowest BCUT2D eigenvalue weighted by atomic mass is 10.2. The summed E-state index contributed by atoms with van der Waals surface area (Å²) >= 11 is 6.15. The highest BCUT2D eigenvalue weighted by molar-refractivity contribution is 7.93. The van der Waals surface area contributed by atoms with E-state index in [1.54, 1.807) is 43.3 Å². The minimum Gasteiger partial charge on any atom is -0.381 e. The maximum Gasteiger partial charge on any atom is 0.264 e. The van der Waals surface area contributed by atoms with Crippen molar-refractivity contribution in [2.45, 2.75) is 24.3 Å². The molecule has 0 saturated carbocycles. The molecule has 2 aromatic rings. The van der Waals surface area contributed by atoms with Crippen molar-refractivity contribution < 1.29 is 22.7 Å². The van der Waals surface area contributed by atoms with Gasteiger partial charge in [0.1, 0.15) is 4.90 Å². The van der Waals surface area contributed by atoms with Gasteiger partial charge in [-0.15, -0.1) is 0 Å². The van der Waals surface area contributed by atoms with Crippen LogP contribution in [0.3, 0.4) is 0 Å². The first kappa shape index (κ1) is 23.3. The molecule has 2 aromatic carbocycles. The molecule has 1 amide bonds. The third-order valence-electron chi connectivity index (χ3n) is 4.88. The molecular weight excluding hydrogens is 442 g/mol. The minimum atomic E-state index is -3.99. The Morgan fingerprint density at radius 3 is 2.61 bits per heavy atom. The van der Waals surface area contributed by atoms with Gasteiger partial charge < -0.3 is 19.7 Å². The second-order valence-electron chi connectivity index (χ2n) is 7.17. The van der Waals surface area contributed by atoms with Crippen LogP contribution in [0, 0.1) is 0 Å². The van der Waals surface area contributed by atoms with Gasteiger partial charge in [0, 0.05) is 25.9 Å². The van der Waals surface area contributed by atoms with Crippen LogP contribution in [0.4, 0.5) is 17.1 Å². The highest BCUT2D eigenvalue weighted by atomic mass is 35.5. The van der Waals surface area contributed by atoms with Crippen LogP contribution < -0.4 is 14.9 Å². The summed E-state index contributed by atoms with van der Waals surface area (Å²) in [6.45, 7) is 3.91. The topological polar surface area (TPSA) is 97.0 Å². The number of hydrogen-bond acceptors (Lipinski definition) is 6. The van der Waals surface area contributed by atoms with E-state index in [0.29, 0.717) is 37.7 Å². The standard InChI is InChI=1S/C21H26ClN3O5S/c1-15(29-2)13-21(26)23-16-7-8-19(25-9-11-30-12-10-25)20(14-16)31(27,28)24-18-6-4-3-5-17(18)22/h3-8,14-15,24H,9-13H2,1-2H3,(H,23,26). The maximum absolute atomic E-state index is 13.3. The summed E-state index contributed by atoms with van der Waals surface area (Å²) < 4.78 is 39.7. The molecule has 1 atom stereocenters. The second-order valence-corrected chi connectivity index (χ2v) is 9.22. The maximum atomic E-state index is 13.3. The number of methoxy groups -OCH3 is 1. The molecule has 2 N–H and O–H groups in total. The summed E-state index contributed by atoms with van der Waals surface area (Å²) in [5.41, 5.74) is 1.19. The number of halogens is 1. The van der Waals surface area contributed by atoms with E-state index >= 15 is 0 Å². The number of benzene rings is 2. The van der Waals surface area contributed by atoms with Crippen molar-refractivity contribution in [3.8, 4) is 0 Å². The Morgan fingerprint density at radius 2 is 1.94 bits per heavy atom. The van der Waals surface area contributed by atoms with Gasteiger partial charge in [0.05, 0.1) is 42.1 Å². The van der Waals surface area contributed by atoms with E-state index in [-0.39, 0.29) is 34.0 Å². The summed E-state index contributed by atoms with van der Waals surface area (Å²) in [7, 11) is -2.47. The number of ether oxygens (including phenoxy) is 2. The Bertz CT molecular complexity index is 1030. The fraction of sp³-hybridized carbons (Fsp3) is 0.381. The monoisotopic (exact) mass is 467 g/mol. The van der Waals surface area contributed by atoms with Crippen molar-refractivity contribution in [2.24, 2.45) is 0 Å². The van der Waals surface area contributed by atoms with Crippen molar-refractivity contribution in [2.75, 3.05) is 48.4 Å². The van der Waals surface area contributed by atoms with Crippen molar-refractivity contribution in [3.05, 3.63) is 47.5 Å². The minimum absolute atomic E-state index is 0.0481. The molecule has 1 heterocycles. The molecule has 0 aliphatic carbocycles. The molecule has 168 valence electrons. The first-order chi connectivity index (χ1) is 14.8. The number of nitrogens with one attached hydrogen (secondary N) is 2. The molecule has 0 aromatic heterocycles. The van der Waals surface area contributed by atoms with E-state index in [0.717, 1.165) is 0 Å². The van der Waals surface area contributed by atoms with Gasteiger partial charge in [-0.1, -0.05) is 23.7 Å². The number of morpholine rings is 1. The smallest absolute Gasteiger partial charge is 0.264 e. The number of para-hydroxylation sites is 1. The van der Waals surface area contributed by atoms with Gasteiger partial charge in [-0.05, 0) is 37.3 Å². The lowest BCUT2D eigenvalue weighted by molar-refractivity contribution is -0.118. The molecule has 8 nitrogen and oxygen atoms in total. The summed E-state index contributed by atoms with van der Waals surface area (Å²) in [4.78, 5) is 14.3. The van der Waals surface area contributed by atoms with Gasteiger partial charge >= 0.3 is 0 Å². The van der Waals surface area contributed by atoms with Crippen LogP contribution in [0.15, 0.2) is 47.4 Å². The van der Waals surface area contributed by atoms with Gasteiger partial charge in [0.2, 0.25) is 5.91 Å². The summed E-state index contributed by atoms with van der Waals surface area (Å²) in [6.07, 6.45) is -0.0977. The van der Waals surface area contributed by atoms with Crippen LogP contribution in [-0.4, -0.2) is 53.8 Å². The predicted molar refractivity (Wildman–Crippen MR) is 121 cm³/mol. The first-order valence-electron chi connectivity index (χ1n) is 9.87. The molecule has 1 aliphatic rings. The third-order valence-corrected chi connectivity index (χ3v) is 6.60. The Morgan fingerprint density at radius 1 is 1.23 bits per heavy atom. The molecule has 1 saturated heterocycles. The number of rotatable bonds is 8. The quantitative estimate of drug-likeness (QED) is 0.618. The zero-order valence-corrected chi connectivity index (χ0v) is 19.0. The van der Waals surface area contributed by atoms with Crippen molar-refractivity contribution in [1.29, 1.82) is 0 Å². The Labute approximate surface area is 187 Å². The summed E-state index contributed by atoms with van der Waals surface area (Å²) in [5.74, 6) is -0.268. The first-order valence-corrected chi connectivity index (χ1v) is 11.7. The number of hydrogen-bond donors (Lipinski definition) is 2. The molecule has 10 heteroatoms. The number of sulfonamides is 1. The van der Waals surface area contributed by atoms with Crippen LogP contribution in [-0.2, 0) is 24.3 Å². The van der Waals surface area contributed by atoms with Gasteiger partial charge in [0.25, 0.3) is 10.0 Å². The predicted octanol–water partition coefficient (Wildman–Crippen LogP) is 3.34. The van der Waals surface area contributed by atoms with Gasteiger partial charge in [-0.25, -0.2) is 8.42 Å². The zero-order chi connectivity index (χ0) is 22.4. The largest absolute Gasteiger partial charge is 0.381 e. The van der Waals surface area contributed by atoms with E-state index in [2.05, 4.69) is 10.0 Å². The average molecular weight is 468 g/mol. The van der Waals surface area contributed by atoms with E-state index in [9.17, 15) is 13.2 Å². The van der Waals surface area contributed by atoms with E-state index in [1.165, 1.54) is 13.2 Å². The number of amides is 1. The summed E-state index contributed by atoms with van der Waals surface area (Å²) in [5, 5.41) is 3.03. The molecule has 1 fully saturated rings. The molecule has 0 spiro atoms. The molecule has 1 aliphatic heterocycles. The molecule has 0 bridgehead atoms. The van der Waals surface area contributed by atoms with Gasteiger partial charge in [0.15, 0.2) is 0 Å². The molecule has 3 rings (SSSR count). The normalized spacial score (nSPS) is 15.4. The molecule has 31 heavy (non-hydrogen) atoms. The average Bonchev–Trinajstić information content (AvgIpc) is 2.75.